The number of benzene rings is 1. The Morgan fingerprint density at radius 2 is 2.15 bits per heavy atom. The first-order valence-corrected chi connectivity index (χ1v) is 6.31. The van der Waals surface area contributed by atoms with E-state index in [9.17, 15) is 9.59 Å². The number of aryl methyl sites for hydroxylation is 1. The van der Waals surface area contributed by atoms with Crippen molar-refractivity contribution in [2.45, 2.75) is 13.0 Å². The number of nitrogens with one attached hydrogen (secondary N) is 2. The normalized spacial score (nSPS) is 11.8. The number of rotatable bonds is 7. The molecule has 1 rings (SSSR count). The molecule has 1 unspecified atom stereocenters. The van der Waals surface area contributed by atoms with Crippen molar-refractivity contribution in [3.05, 3.63) is 35.4 Å². The van der Waals surface area contributed by atoms with Gasteiger partial charge in [0.2, 0.25) is 5.91 Å². The van der Waals surface area contributed by atoms with Crippen LogP contribution < -0.4 is 10.6 Å². The van der Waals surface area contributed by atoms with Crippen LogP contribution in [-0.2, 0) is 9.53 Å². The van der Waals surface area contributed by atoms with Gasteiger partial charge >= 0.3 is 0 Å². The van der Waals surface area contributed by atoms with Crippen LogP contribution in [0.1, 0.15) is 15.9 Å². The van der Waals surface area contributed by atoms with Gasteiger partial charge in [0.15, 0.2) is 0 Å². The molecule has 0 saturated carbocycles. The summed E-state index contributed by atoms with van der Waals surface area (Å²) in [6.07, 6.45) is 0. The Hall–Kier alpha value is -1.92. The van der Waals surface area contributed by atoms with E-state index in [1.165, 1.54) is 7.11 Å². The van der Waals surface area contributed by atoms with Gasteiger partial charge in [-0.3, -0.25) is 9.59 Å². The summed E-state index contributed by atoms with van der Waals surface area (Å²) in [6, 6.07) is 6.63. The molecular weight excluding hydrogens is 260 g/mol. The molecule has 0 spiro atoms. The van der Waals surface area contributed by atoms with Crippen molar-refractivity contribution in [2.75, 3.05) is 26.9 Å². The topological polar surface area (TPSA) is 87.7 Å². The third-order valence-electron chi connectivity index (χ3n) is 2.64. The van der Waals surface area contributed by atoms with E-state index in [2.05, 4.69) is 10.6 Å². The van der Waals surface area contributed by atoms with Gasteiger partial charge in [-0.2, -0.15) is 0 Å². The molecule has 6 heteroatoms. The number of aliphatic hydroxyl groups excluding tert-OH is 1. The molecule has 2 amide bonds. The van der Waals surface area contributed by atoms with Crippen LogP contribution in [0.5, 0.6) is 0 Å². The summed E-state index contributed by atoms with van der Waals surface area (Å²) >= 11 is 0. The van der Waals surface area contributed by atoms with E-state index in [0.29, 0.717) is 5.56 Å². The monoisotopic (exact) mass is 280 g/mol. The average Bonchev–Trinajstić information content (AvgIpc) is 2.44. The van der Waals surface area contributed by atoms with Crippen LogP contribution in [-0.4, -0.2) is 49.8 Å². The van der Waals surface area contributed by atoms with Gasteiger partial charge in [-0.15, -0.1) is 0 Å². The quantitative estimate of drug-likeness (QED) is 0.648. The van der Waals surface area contributed by atoms with E-state index in [-0.39, 0.29) is 31.6 Å². The van der Waals surface area contributed by atoms with Crippen molar-refractivity contribution < 1.29 is 19.4 Å². The minimum Gasteiger partial charge on any atom is -0.394 e. The molecule has 0 heterocycles. The number of amides is 2. The molecule has 0 aliphatic rings. The summed E-state index contributed by atoms with van der Waals surface area (Å²) < 4.78 is 4.84. The molecule has 0 saturated heterocycles. The van der Waals surface area contributed by atoms with Crippen molar-refractivity contribution in [3.8, 4) is 0 Å². The van der Waals surface area contributed by atoms with Gasteiger partial charge < -0.3 is 20.5 Å². The highest BCUT2D eigenvalue weighted by atomic mass is 16.5. The highest BCUT2D eigenvalue weighted by molar-refractivity contribution is 5.96. The lowest BCUT2D eigenvalue weighted by molar-refractivity contribution is -0.121. The molecule has 3 N–H and O–H groups in total. The number of hydrogen-bond donors (Lipinski definition) is 3. The minimum absolute atomic E-state index is 0.146. The number of methoxy groups -OCH3 is 1. The number of carbonyl (C=O) groups excluding carboxylic acids is 2. The van der Waals surface area contributed by atoms with Crippen LogP contribution in [0.4, 0.5) is 0 Å². The van der Waals surface area contributed by atoms with E-state index in [0.717, 1.165) is 5.56 Å². The predicted molar refractivity (Wildman–Crippen MR) is 74.4 cm³/mol. The molecule has 110 valence electrons. The lowest BCUT2D eigenvalue weighted by Gasteiger charge is -2.15. The molecule has 6 nitrogen and oxygen atoms in total. The summed E-state index contributed by atoms with van der Waals surface area (Å²) in [5.41, 5.74) is 1.48. The largest absolute Gasteiger partial charge is 0.394 e. The van der Waals surface area contributed by atoms with Crippen molar-refractivity contribution in [2.24, 2.45) is 0 Å². The molecule has 1 aromatic carbocycles. The molecule has 0 aliphatic heterocycles. The van der Waals surface area contributed by atoms with Crippen LogP contribution >= 0.6 is 0 Å². The van der Waals surface area contributed by atoms with Crippen molar-refractivity contribution in [1.82, 2.24) is 10.6 Å². The molecule has 1 aromatic rings. The van der Waals surface area contributed by atoms with Gasteiger partial charge in [0, 0.05) is 12.7 Å². The summed E-state index contributed by atoms with van der Waals surface area (Å²) in [4.78, 5) is 23.4. The predicted octanol–water partition coefficient (Wildman–Crippen LogP) is -0.152. The maximum Gasteiger partial charge on any atom is 0.251 e. The minimum atomic E-state index is -0.469. The van der Waals surface area contributed by atoms with E-state index < -0.39 is 6.04 Å². The molecule has 1 atom stereocenters. The Labute approximate surface area is 118 Å². The van der Waals surface area contributed by atoms with E-state index >= 15 is 0 Å². The fraction of sp³-hybridized carbons (Fsp3) is 0.429. The summed E-state index contributed by atoms with van der Waals surface area (Å²) in [5, 5.41) is 14.1. The fourth-order valence-corrected chi connectivity index (χ4v) is 1.67. The zero-order valence-corrected chi connectivity index (χ0v) is 11.7. The number of aliphatic hydroxyl groups is 1. The highest BCUT2D eigenvalue weighted by Gasteiger charge is 2.12. The summed E-state index contributed by atoms with van der Waals surface area (Å²) in [5.74, 6) is -0.682. The fourth-order valence-electron chi connectivity index (χ4n) is 1.67. The maximum absolute atomic E-state index is 11.8. The SMILES string of the molecule is COCC(CO)NC(=O)CNC(=O)c1cccc(C)c1. The lowest BCUT2D eigenvalue weighted by atomic mass is 10.1. The van der Waals surface area contributed by atoms with Crippen LogP contribution in [0, 0.1) is 6.92 Å². The Morgan fingerprint density at radius 1 is 1.40 bits per heavy atom. The molecular formula is C14H20N2O4. The summed E-state index contributed by atoms with van der Waals surface area (Å²) in [7, 11) is 1.48. The Balaban J connectivity index is 2.42. The van der Waals surface area contributed by atoms with Crippen molar-refractivity contribution in [1.29, 1.82) is 0 Å². The number of ether oxygens (including phenoxy) is 1. The highest BCUT2D eigenvalue weighted by Crippen LogP contribution is 2.03. The van der Waals surface area contributed by atoms with Gasteiger partial charge in [0.25, 0.3) is 5.91 Å². The Bertz CT molecular complexity index is 462. The number of hydrogen-bond acceptors (Lipinski definition) is 4. The standard InChI is InChI=1S/C14H20N2O4/c1-10-4-3-5-11(6-10)14(19)15-7-13(18)16-12(8-17)9-20-2/h3-6,12,17H,7-9H2,1-2H3,(H,15,19)(H,16,18). The van der Waals surface area contributed by atoms with Gasteiger partial charge in [-0.05, 0) is 19.1 Å². The lowest BCUT2D eigenvalue weighted by Crippen LogP contribution is -2.45. The first-order valence-electron chi connectivity index (χ1n) is 6.31. The average molecular weight is 280 g/mol. The Kier molecular flexibility index (Phi) is 6.69. The van der Waals surface area contributed by atoms with E-state index in [4.69, 9.17) is 9.84 Å². The summed E-state index contributed by atoms with van der Waals surface area (Å²) in [6.45, 7) is 1.74. The first-order chi connectivity index (χ1) is 9.56. The van der Waals surface area contributed by atoms with E-state index in [1.54, 1.807) is 18.2 Å². The Morgan fingerprint density at radius 3 is 2.75 bits per heavy atom. The molecule has 0 aliphatic carbocycles. The molecule has 0 radical (unpaired) electrons. The van der Waals surface area contributed by atoms with Crippen molar-refractivity contribution in [3.63, 3.8) is 0 Å². The maximum atomic E-state index is 11.8. The van der Waals surface area contributed by atoms with Crippen LogP contribution in [0.3, 0.4) is 0 Å². The van der Waals surface area contributed by atoms with Crippen LogP contribution in [0.15, 0.2) is 24.3 Å². The third-order valence-corrected chi connectivity index (χ3v) is 2.64. The molecule has 20 heavy (non-hydrogen) atoms. The van der Waals surface area contributed by atoms with Crippen LogP contribution in [0.2, 0.25) is 0 Å². The van der Waals surface area contributed by atoms with Crippen LogP contribution in [0.25, 0.3) is 0 Å². The first kappa shape index (κ1) is 16.1. The van der Waals surface area contributed by atoms with Gasteiger partial charge in [0.1, 0.15) is 0 Å². The third kappa shape index (κ3) is 5.38. The van der Waals surface area contributed by atoms with Crippen molar-refractivity contribution >= 4 is 11.8 Å². The second-order valence-corrected chi connectivity index (χ2v) is 4.45. The van der Waals surface area contributed by atoms with E-state index in [1.807, 2.05) is 13.0 Å². The van der Waals surface area contributed by atoms with Gasteiger partial charge in [0.05, 0.1) is 25.8 Å². The van der Waals surface area contributed by atoms with Gasteiger partial charge in [-0.25, -0.2) is 0 Å². The van der Waals surface area contributed by atoms with Gasteiger partial charge in [-0.1, -0.05) is 17.7 Å². The second-order valence-electron chi connectivity index (χ2n) is 4.45. The smallest absolute Gasteiger partial charge is 0.251 e. The number of carbonyl (C=O) groups is 2. The zero-order valence-electron chi connectivity index (χ0n) is 11.7. The molecule has 0 fully saturated rings. The molecule has 0 bridgehead atoms. The second kappa shape index (κ2) is 8.29. The molecule has 0 aromatic heterocycles. The zero-order chi connectivity index (χ0) is 15.0.